The first kappa shape index (κ1) is 20.4. The minimum absolute atomic E-state index is 0.0647. The van der Waals surface area contributed by atoms with Gasteiger partial charge in [-0.1, -0.05) is 24.3 Å². The average molecular weight is 391 g/mol. The van der Waals surface area contributed by atoms with Gasteiger partial charge in [-0.05, 0) is 35.0 Å². The minimum atomic E-state index is -1.11. The molecule has 2 aromatic rings. The molecule has 0 bridgehead atoms. The number of benzene rings is 1. The van der Waals surface area contributed by atoms with Crippen molar-refractivity contribution in [1.29, 1.82) is 0 Å². The quantitative estimate of drug-likeness (QED) is 0.391. The molecule has 0 amide bonds. The van der Waals surface area contributed by atoms with Gasteiger partial charge in [-0.25, -0.2) is 0 Å². The first-order chi connectivity index (χ1) is 14.0. The molecule has 1 unspecified atom stereocenters. The van der Waals surface area contributed by atoms with E-state index in [4.69, 9.17) is 11.5 Å². The van der Waals surface area contributed by atoms with Gasteiger partial charge in [0.15, 0.2) is 5.78 Å². The molecule has 0 saturated heterocycles. The van der Waals surface area contributed by atoms with Crippen LogP contribution in [0.2, 0.25) is 0 Å². The van der Waals surface area contributed by atoms with E-state index in [2.05, 4.69) is 16.0 Å². The lowest BCUT2D eigenvalue weighted by Crippen LogP contribution is -2.44. The Kier molecular flexibility index (Phi) is 6.54. The molecular weight excluding hydrogens is 366 g/mol. The van der Waals surface area contributed by atoms with Gasteiger partial charge in [0, 0.05) is 56.3 Å². The molecule has 3 rings (SSSR count). The topological polar surface area (TPSA) is 118 Å². The molecule has 7 nitrogen and oxygen atoms in total. The number of ketones is 1. The van der Waals surface area contributed by atoms with Gasteiger partial charge in [-0.2, -0.15) is 0 Å². The number of nitrogens with two attached hydrogens (primary N) is 2. The number of allylic oxidation sites excluding steroid dienone is 1. The van der Waals surface area contributed by atoms with Crippen LogP contribution in [0.5, 0.6) is 0 Å². The number of aliphatic imine (C=N–C) groups is 1. The van der Waals surface area contributed by atoms with Gasteiger partial charge in [0.1, 0.15) is 6.23 Å². The fraction of sp³-hybridized carbons (Fsp3) is 0.227. The third kappa shape index (κ3) is 4.59. The van der Waals surface area contributed by atoms with E-state index < -0.39 is 6.23 Å². The number of hydrogen-bond donors (Lipinski definition) is 3. The van der Waals surface area contributed by atoms with Gasteiger partial charge in [0.05, 0.1) is 5.70 Å². The van der Waals surface area contributed by atoms with Crippen molar-refractivity contribution < 1.29 is 9.90 Å². The molecule has 2 heterocycles. The molecule has 1 aromatic heterocycles. The highest BCUT2D eigenvalue weighted by molar-refractivity contribution is 6.04. The number of carbonyl (C=O) groups is 1. The second-order valence-electron chi connectivity index (χ2n) is 6.86. The highest BCUT2D eigenvalue weighted by atomic mass is 16.3. The van der Waals surface area contributed by atoms with E-state index in [0.29, 0.717) is 18.7 Å². The van der Waals surface area contributed by atoms with Crippen molar-refractivity contribution in [3.05, 3.63) is 89.0 Å². The second-order valence-corrected chi connectivity index (χ2v) is 6.86. The maximum absolute atomic E-state index is 12.4. The van der Waals surface area contributed by atoms with Crippen LogP contribution >= 0.6 is 0 Å². The Morgan fingerprint density at radius 3 is 2.83 bits per heavy atom. The lowest BCUT2D eigenvalue weighted by molar-refractivity contribution is 0.0177. The van der Waals surface area contributed by atoms with Crippen LogP contribution in [0.4, 0.5) is 0 Å². The van der Waals surface area contributed by atoms with Gasteiger partial charge in [0.2, 0.25) is 0 Å². The molecule has 0 radical (unpaired) electrons. The van der Waals surface area contributed by atoms with Crippen LogP contribution in [-0.2, 0) is 6.54 Å². The molecule has 29 heavy (non-hydrogen) atoms. The van der Waals surface area contributed by atoms with Gasteiger partial charge in [-0.3, -0.25) is 19.7 Å². The predicted molar refractivity (Wildman–Crippen MR) is 113 cm³/mol. The second kappa shape index (κ2) is 9.27. The predicted octanol–water partition coefficient (Wildman–Crippen LogP) is 1.57. The van der Waals surface area contributed by atoms with E-state index in [1.54, 1.807) is 31.6 Å². The van der Waals surface area contributed by atoms with E-state index in [1.165, 1.54) is 18.5 Å². The van der Waals surface area contributed by atoms with Crippen molar-refractivity contribution in [3.8, 4) is 0 Å². The summed E-state index contributed by atoms with van der Waals surface area (Å²) < 4.78 is 0. The highest BCUT2D eigenvalue weighted by Crippen LogP contribution is 2.33. The van der Waals surface area contributed by atoms with Gasteiger partial charge >= 0.3 is 0 Å². The normalized spacial score (nSPS) is 19.2. The summed E-state index contributed by atoms with van der Waals surface area (Å²) in [6.07, 6.45) is 6.46. The first-order valence-corrected chi connectivity index (χ1v) is 9.30. The molecular formula is C22H25N5O2. The van der Waals surface area contributed by atoms with Gasteiger partial charge in [-0.15, -0.1) is 0 Å². The largest absolute Gasteiger partial charge is 0.404 e. The number of rotatable bonds is 6. The van der Waals surface area contributed by atoms with Crippen LogP contribution in [0.1, 0.15) is 27.4 Å². The SMILES string of the molecule is CN=CC(=CN)[C@@H]1CN(C(O)C(N)=CC(=O)c2cccnc2)Cc2ccccc21. The number of hydrogen-bond acceptors (Lipinski definition) is 7. The number of carbonyl (C=O) groups excluding carboxylic acids is 1. The Bertz CT molecular complexity index is 953. The highest BCUT2D eigenvalue weighted by Gasteiger charge is 2.31. The lowest BCUT2D eigenvalue weighted by atomic mass is 9.84. The molecule has 0 aliphatic carbocycles. The Labute approximate surface area is 170 Å². The Balaban J connectivity index is 1.87. The molecule has 0 saturated carbocycles. The number of aliphatic hydroxyl groups is 1. The Morgan fingerprint density at radius 1 is 1.34 bits per heavy atom. The van der Waals surface area contributed by atoms with Crippen LogP contribution < -0.4 is 11.5 Å². The molecule has 2 atom stereocenters. The maximum atomic E-state index is 12.4. The molecule has 1 aliphatic rings. The third-order valence-corrected chi connectivity index (χ3v) is 4.98. The van der Waals surface area contributed by atoms with E-state index in [1.807, 2.05) is 23.1 Å². The summed E-state index contributed by atoms with van der Waals surface area (Å²) in [5, 5.41) is 10.8. The van der Waals surface area contributed by atoms with Crippen LogP contribution in [0, 0.1) is 0 Å². The molecule has 150 valence electrons. The van der Waals surface area contributed by atoms with Gasteiger partial charge in [0.25, 0.3) is 0 Å². The molecule has 7 heteroatoms. The zero-order valence-corrected chi connectivity index (χ0v) is 16.3. The number of pyridine rings is 1. The zero-order chi connectivity index (χ0) is 20.8. The van der Waals surface area contributed by atoms with Crippen molar-refractivity contribution in [2.24, 2.45) is 16.5 Å². The lowest BCUT2D eigenvalue weighted by Gasteiger charge is -2.37. The summed E-state index contributed by atoms with van der Waals surface area (Å²) in [5.41, 5.74) is 15.5. The molecule has 1 aliphatic heterocycles. The minimum Gasteiger partial charge on any atom is -0.404 e. The fourth-order valence-corrected chi connectivity index (χ4v) is 3.53. The van der Waals surface area contributed by atoms with Crippen LogP contribution in [0.15, 0.2) is 77.3 Å². The van der Waals surface area contributed by atoms with Crippen LogP contribution in [0.3, 0.4) is 0 Å². The van der Waals surface area contributed by atoms with Crippen LogP contribution in [-0.4, -0.2) is 46.8 Å². The number of aromatic nitrogens is 1. The van der Waals surface area contributed by atoms with E-state index in [9.17, 15) is 9.90 Å². The summed E-state index contributed by atoms with van der Waals surface area (Å²) in [7, 11) is 1.69. The molecule has 0 fully saturated rings. The number of fused-ring (bicyclic) bond motifs is 1. The van der Waals surface area contributed by atoms with Gasteiger partial charge < -0.3 is 16.6 Å². The van der Waals surface area contributed by atoms with E-state index >= 15 is 0 Å². The summed E-state index contributed by atoms with van der Waals surface area (Å²) >= 11 is 0. The summed E-state index contributed by atoms with van der Waals surface area (Å²) in [4.78, 5) is 22.2. The molecule has 5 N–H and O–H groups in total. The number of aliphatic hydroxyl groups excluding tert-OH is 1. The van der Waals surface area contributed by atoms with Crippen molar-refractivity contribution in [3.63, 3.8) is 0 Å². The Hall–Kier alpha value is -3.29. The van der Waals surface area contributed by atoms with Crippen molar-refractivity contribution in [2.75, 3.05) is 13.6 Å². The number of nitrogens with zero attached hydrogens (tertiary/aromatic N) is 3. The van der Waals surface area contributed by atoms with Crippen LogP contribution in [0.25, 0.3) is 0 Å². The summed E-state index contributed by atoms with van der Waals surface area (Å²) in [6, 6.07) is 11.3. The summed E-state index contributed by atoms with van der Waals surface area (Å²) in [6.45, 7) is 0.993. The maximum Gasteiger partial charge on any atom is 0.189 e. The first-order valence-electron chi connectivity index (χ1n) is 9.30. The average Bonchev–Trinajstić information content (AvgIpc) is 2.76. The fourth-order valence-electron chi connectivity index (χ4n) is 3.53. The molecule has 1 aromatic carbocycles. The van der Waals surface area contributed by atoms with Crippen molar-refractivity contribution in [2.45, 2.75) is 18.7 Å². The Morgan fingerprint density at radius 2 is 2.14 bits per heavy atom. The van der Waals surface area contributed by atoms with E-state index in [-0.39, 0.29) is 17.4 Å². The van der Waals surface area contributed by atoms with Crippen molar-refractivity contribution >= 4 is 12.0 Å². The monoisotopic (exact) mass is 391 g/mol. The smallest absolute Gasteiger partial charge is 0.189 e. The third-order valence-electron chi connectivity index (χ3n) is 4.98. The standard InChI is InChI=1S/C22H25N5O2/c1-25-11-17(10-23)19-14-27(13-16-5-2-3-7-18(16)19)22(29)20(24)9-21(28)15-6-4-8-26-12-15/h2-12,19,22,29H,13-14,23-24H2,1H3/t19-,22?/m0/s1. The molecule has 0 spiro atoms. The van der Waals surface area contributed by atoms with E-state index in [0.717, 1.165) is 16.7 Å². The zero-order valence-electron chi connectivity index (χ0n) is 16.3. The summed E-state index contributed by atoms with van der Waals surface area (Å²) in [5.74, 6) is -0.366. The van der Waals surface area contributed by atoms with Crippen molar-refractivity contribution in [1.82, 2.24) is 9.88 Å².